The first kappa shape index (κ1) is 12.6. The maximum atomic E-state index is 4.18. The summed E-state index contributed by atoms with van der Waals surface area (Å²) in [5.74, 6) is 0.993. The van der Waals surface area contributed by atoms with Crippen molar-refractivity contribution in [3.8, 4) is 0 Å². The topological polar surface area (TPSA) is 24.9 Å². The second kappa shape index (κ2) is 6.75. The number of pyridine rings is 1. The molecule has 1 heterocycles. The van der Waals surface area contributed by atoms with Gasteiger partial charge in [-0.1, -0.05) is 32.3 Å². The van der Waals surface area contributed by atoms with Crippen LogP contribution in [0.25, 0.3) is 0 Å². The number of hydrogen-bond acceptors (Lipinski definition) is 2. The van der Waals surface area contributed by atoms with Gasteiger partial charge in [0.2, 0.25) is 0 Å². The van der Waals surface area contributed by atoms with Gasteiger partial charge in [0.15, 0.2) is 0 Å². The van der Waals surface area contributed by atoms with Gasteiger partial charge in [-0.3, -0.25) is 4.98 Å². The lowest BCUT2D eigenvalue weighted by atomic mass is 9.80. The molecule has 0 saturated heterocycles. The fraction of sp³-hybridized carbons (Fsp3) is 0.667. The Kier molecular flexibility index (Phi) is 4.99. The van der Waals surface area contributed by atoms with Crippen LogP contribution in [0.5, 0.6) is 0 Å². The van der Waals surface area contributed by atoms with Crippen molar-refractivity contribution in [1.29, 1.82) is 0 Å². The molecule has 1 aromatic heterocycles. The predicted molar refractivity (Wildman–Crippen MR) is 72.0 cm³/mol. The average molecular weight is 232 g/mol. The standard InChI is InChI=1S/C15H24N2/c1-2-17-15(11-13-5-3-6-13)9-8-14-7-4-10-16-12-14/h4,7,10,12-13,15,17H,2-3,5-6,8-9,11H2,1H3. The molecular weight excluding hydrogens is 208 g/mol. The third-order valence-electron chi connectivity index (χ3n) is 3.84. The van der Waals surface area contributed by atoms with E-state index in [0.717, 1.165) is 18.9 Å². The zero-order valence-corrected chi connectivity index (χ0v) is 10.9. The largest absolute Gasteiger partial charge is 0.314 e. The Bertz CT molecular complexity index is 306. The van der Waals surface area contributed by atoms with Gasteiger partial charge in [-0.2, -0.15) is 0 Å². The minimum Gasteiger partial charge on any atom is -0.314 e. The summed E-state index contributed by atoms with van der Waals surface area (Å²) in [4.78, 5) is 4.18. The maximum Gasteiger partial charge on any atom is 0.0299 e. The summed E-state index contributed by atoms with van der Waals surface area (Å²) in [5, 5.41) is 3.63. The number of nitrogens with one attached hydrogen (secondary N) is 1. The van der Waals surface area contributed by atoms with Crippen molar-refractivity contribution in [2.75, 3.05) is 6.54 Å². The highest BCUT2D eigenvalue weighted by atomic mass is 14.9. The zero-order chi connectivity index (χ0) is 11.9. The van der Waals surface area contributed by atoms with E-state index in [1.54, 1.807) is 0 Å². The van der Waals surface area contributed by atoms with Crippen LogP contribution in [-0.4, -0.2) is 17.6 Å². The van der Waals surface area contributed by atoms with E-state index in [1.807, 2.05) is 18.5 Å². The molecule has 0 aliphatic heterocycles. The molecule has 2 heteroatoms. The predicted octanol–water partition coefficient (Wildman–Crippen LogP) is 3.18. The lowest BCUT2D eigenvalue weighted by Gasteiger charge is -2.30. The van der Waals surface area contributed by atoms with Crippen LogP contribution < -0.4 is 5.32 Å². The maximum absolute atomic E-state index is 4.18. The quantitative estimate of drug-likeness (QED) is 0.781. The van der Waals surface area contributed by atoms with Gasteiger partial charge >= 0.3 is 0 Å². The third-order valence-corrected chi connectivity index (χ3v) is 3.84. The van der Waals surface area contributed by atoms with Gasteiger partial charge in [0.05, 0.1) is 0 Å². The van der Waals surface area contributed by atoms with Crippen LogP contribution in [0.15, 0.2) is 24.5 Å². The number of nitrogens with zero attached hydrogens (tertiary/aromatic N) is 1. The van der Waals surface area contributed by atoms with Crippen LogP contribution in [0.2, 0.25) is 0 Å². The smallest absolute Gasteiger partial charge is 0.0299 e. The van der Waals surface area contributed by atoms with Crippen molar-refractivity contribution < 1.29 is 0 Å². The van der Waals surface area contributed by atoms with E-state index in [4.69, 9.17) is 0 Å². The van der Waals surface area contributed by atoms with Crippen LogP contribution in [-0.2, 0) is 6.42 Å². The molecule has 0 spiro atoms. The van der Waals surface area contributed by atoms with Crippen molar-refractivity contribution in [2.45, 2.75) is 51.5 Å². The summed E-state index contributed by atoms with van der Waals surface area (Å²) in [5.41, 5.74) is 1.36. The van der Waals surface area contributed by atoms with Crippen LogP contribution in [0.1, 0.15) is 44.6 Å². The molecule has 1 N–H and O–H groups in total. The average Bonchev–Trinajstić information content (AvgIpc) is 2.32. The first-order valence-corrected chi connectivity index (χ1v) is 7.00. The van der Waals surface area contributed by atoms with E-state index in [0.29, 0.717) is 6.04 Å². The van der Waals surface area contributed by atoms with E-state index in [-0.39, 0.29) is 0 Å². The lowest BCUT2D eigenvalue weighted by Crippen LogP contribution is -2.33. The first-order valence-electron chi connectivity index (χ1n) is 7.00. The molecule has 94 valence electrons. The van der Waals surface area contributed by atoms with E-state index in [1.165, 1.54) is 37.7 Å². The summed E-state index contributed by atoms with van der Waals surface area (Å²) < 4.78 is 0. The Morgan fingerprint density at radius 3 is 2.94 bits per heavy atom. The second-order valence-corrected chi connectivity index (χ2v) is 5.19. The molecule has 2 nitrogen and oxygen atoms in total. The zero-order valence-electron chi connectivity index (χ0n) is 10.9. The van der Waals surface area contributed by atoms with Gasteiger partial charge in [-0.05, 0) is 43.4 Å². The van der Waals surface area contributed by atoms with E-state index >= 15 is 0 Å². The van der Waals surface area contributed by atoms with E-state index in [2.05, 4.69) is 23.3 Å². The van der Waals surface area contributed by atoms with E-state index in [9.17, 15) is 0 Å². The molecule has 0 radical (unpaired) electrons. The van der Waals surface area contributed by atoms with Crippen LogP contribution in [0.4, 0.5) is 0 Å². The molecule has 1 fully saturated rings. The molecule has 0 aromatic carbocycles. The van der Waals surface area contributed by atoms with Crippen molar-refractivity contribution in [1.82, 2.24) is 10.3 Å². The summed E-state index contributed by atoms with van der Waals surface area (Å²) in [6, 6.07) is 4.91. The van der Waals surface area contributed by atoms with Gasteiger partial charge in [-0.15, -0.1) is 0 Å². The Hall–Kier alpha value is -0.890. The second-order valence-electron chi connectivity index (χ2n) is 5.19. The number of rotatable bonds is 7. The van der Waals surface area contributed by atoms with Crippen molar-refractivity contribution in [3.63, 3.8) is 0 Å². The van der Waals surface area contributed by atoms with Gasteiger partial charge in [0.25, 0.3) is 0 Å². The van der Waals surface area contributed by atoms with Gasteiger partial charge < -0.3 is 5.32 Å². The van der Waals surface area contributed by atoms with Crippen molar-refractivity contribution in [2.24, 2.45) is 5.92 Å². The SMILES string of the molecule is CCNC(CCc1cccnc1)CC1CCC1. The molecule has 2 rings (SSSR count). The summed E-state index contributed by atoms with van der Waals surface area (Å²) in [7, 11) is 0. The number of hydrogen-bond donors (Lipinski definition) is 1. The lowest BCUT2D eigenvalue weighted by molar-refractivity contribution is 0.255. The van der Waals surface area contributed by atoms with Crippen molar-refractivity contribution in [3.05, 3.63) is 30.1 Å². The van der Waals surface area contributed by atoms with Gasteiger partial charge in [0.1, 0.15) is 0 Å². The molecular formula is C15H24N2. The highest BCUT2D eigenvalue weighted by Gasteiger charge is 2.21. The highest BCUT2D eigenvalue weighted by Crippen LogP contribution is 2.31. The van der Waals surface area contributed by atoms with E-state index < -0.39 is 0 Å². The monoisotopic (exact) mass is 232 g/mol. The number of aryl methyl sites for hydroxylation is 1. The fourth-order valence-electron chi connectivity index (χ4n) is 2.61. The van der Waals surface area contributed by atoms with Crippen LogP contribution in [0, 0.1) is 5.92 Å². The van der Waals surface area contributed by atoms with Crippen molar-refractivity contribution >= 4 is 0 Å². The molecule has 1 aromatic rings. The van der Waals surface area contributed by atoms with Crippen LogP contribution >= 0.6 is 0 Å². The van der Waals surface area contributed by atoms with Gasteiger partial charge in [-0.25, -0.2) is 0 Å². The van der Waals surface area contributed by atoms with Gasteiger partial charge in [0, 0.05) is 18.4 Å². The normalized spacial score (nSPS) is 17.7. The number of aromatic nitrogens is 1. The Balaban J connectivity index is 1.76. The third kappa shape index (κ3) is 4.12. The fourth-order valence-corrected chi connectivity index (χ4v) is 2.61. The molecule has 1 atom stereocenters. The molecule has 1 saturated carbocycles. The first-order chi connectivity index (χ1) is 8.38. The minimum atomic E-state index is 0.700. The minimum absolute atomic E-state index is 0.700. The summed E-state index contributed by atoms with van der Waals surface area (Å²) >= 11 is 0. The Morgan fingerprint density at radius 1 is 1.47 bits per heavy atom. The molecule has 1 aliphatic rings. The Labute approximate surface area is 105 Å². The molecule has 0 amide bonds. The Morgan fingerprint density at radius 2 is 2.35 bits per heavy atom. The summed E-state index contributed by atoms with van der Waals surface area (Å²) in [6.07, 6.45) is 12.0. The highest BCUT2D eigenvalue weighted by molar-refractivity contribution is 5.08. The molecule has 1 aliphatic carbocycles. The molecule has 0 bridgehead atoms. The summed E-state index contributed by atoms with van der Waals surface area (Å²) in [6.45, 7) is 3.29. The molecule has 1 unspecified atom stereocenters. The molecule has 17 heavy (non-hydrogen) atoms. The van der Waals surface area contributed by atoms with Crippen LogP contribution in [0.3, 0.4) is 0 Å².